The lowest BCUT2D eigenvalue weighted by molar-refractivity contribution is 0.579. The molecular formula is C12H18BrNO2S. The molecule has 17 heavy (non-hydrogen) atoms. The summed E-state index contributed by atoms with van der Waals surface area (Å²) in [4.78, 5) is 0.530. The molecule has 0 aliphatic carbocycles. The van der Waals surface area contributed by atoms with E-state index in [0.717, 1.165) is 17.5 Å². The zero-order valence-corrected chi connectivity index (χ0v) is 12.7. The van der Waals surface area contributed by atoms with Gasteiger partial charge in [-0.3, -0.25) is 0 Å². The Bertz CT molecular complexity index is 485. The Balaban J connectivity index is 2.90. The van der Waals surface area contributed by atoms with Crippen molar-refractivity contribution < 1.29 is 8.42 Å². The molecule has 1 aromatic rings. The normalized spacial score (nSPS) is 13.6. The number of alkyl halides is 1. The Labute approximate surface area is 112 Å². The number of hydrogen-bond donors (Lipinski definition) is 1. The van der Waals surface area contributed by atoms with Crippen molar-refractivity contribution >= 4 is 26.0 Å². The highest BCUT2D eigenvalue weighted by molar-refractivity contribution is 9.09. The number of hydrogen-bond acceptors (Lipinski definition) is 2. The van der Waals surface area contributed by atoms with Gasteiger partial charge in [-0.15, -0.1) is 0 Å². The highest BCUT2D eigenvalue weighted by atomic mass is 79.9. The summed E-state index contributed by atoms with van der Waals surface area (Å²) in [6.45, 7) is 6.17. The van der Waals surface area contributed by atoms with Crippen LogP contribution in [-0.2, 0) is 10.0 Å². The van der Waals surface area contributed by atoms with E-state index < -0.39 is 10.0 Å². The second-order valence-electron chi connectivity index (χ2n) is 4.13. The Morgan fingerprint density at radius 3 is 2.53 bits per heavy atom. The molecule has 0 aliphatic heterocycles. The Kier molecular flexibility index (Phi) is 5.16. The quantitative estimate of drug-likeness (QED) is 0.848. The van der Waals surface area contributed by atoms with Gasteiger partial charge < -0.3 is 0 Å². The van der Waals surface area contributed by atoms with Crippen LogP contribution < -0.4 is 4.72 Å². The molecule has 0 heterocycles. The first-order valence-corrected chi connectivity index (χ1v) is 7.97. The molecule has 0 fully saturated rings. The molecule has 0 spiro atoms. The van der Waals surface area contributed by atoms with Crippen molar-refractivity contribution in [2.75, 3.05) is 6.54 Å². The summed E-state index contributed by atoms with van der Waals surface area (Å²) in [7, 11) is -3.39. The summed E-state index contributed by atoms with van der Waals surface area (Å²) >= 11 is 3.41. The third kappa shape index (κ3) is 4.08. The lowest BCUT2D eigenvalue weighted by Crippen LogP contribution is -2.29. The first-order valence-electron chi connectivity index (χ1n) is 5.57. The van der Waals surface area contributed by atoms with E-state index in [1.165, 1.54) is 0 Å². The smallest absolute Gasteiger partial charge is 0.210 e. The molecule has 1 aromatic carbocycles. The van der Waals surface area contributed by atoms with Crippen molar-refractivity contribution in [3.8, 4) is 0 Å². The minimum atomic E-state index is -3.39. The van der Waals surface area contributed by atoms with Crippen molar-refractivity contribution in [1.29, 1.82) is 0 Å². The predicted octanol–water partition coefficient (Wildman–Crippen LogP) is 2.76. The van der Waals surface area contributed by atoms with Crippen molar-refractivity contribution in [3.05, 3.63) is 29.3 Å². The van der Waals surface area contributed by atoms with Crippen LogP contribution in [0, 0.1) is 13.8 Å². The fraction of sp³-hybridized carbons (Fsp3) is 0.500. The monoisotopic (exact) mass is 319 g/mol. The molecule has 0 bridgehead atoms. The molecule has 1 N–H and O–H groups in total. The molecule has 0 aromatic heterocycles. The van der Waals surface area contributed by atoms with Crippen LogP contribution in [0.1, 0.15) is 24.5 Å². The molecule has 1 atom stereocenters. The second kappa shape index (κ2) is 5.98. The van der Waals surface area contributed by atoms with E-state index in [1.807, 2.05) is 32.9 Å². The Morgan fingerprint density at radius 2 is 2.00 bits per heavy atom. The van der Waals surface area contributed by atoms with Gasteiger partial charge in [0.15, 0.2) is 0 Å². The molecule has 0 saturated heterocycles. The minimum absolute atomic E-state index is 0.169. The van der Waals surface area contributed by atoms with Gasteiger partial charge in [-0.25, -0.2) is 13.1 Å². The Hall–Kier alpha value is -0.390. The van der Waals surface area contributed by atoms with Gasteiger partial charge in [0.2, 0.25) is 10.0 Å². The van der Waals surface area contributed by atoms with E-state index in [4.69, 9.17) is 0 Å². The van der Waals surface area contributed by atoms with Crippen LogP contribution >= 0.6 is 15.9 Å². The summed E-state index contributed by atoms with van der Waals surface area (Å²) in [5, 5.41) is 0. The Morgan fingerprint density at radius 1 is 1.35 bits per heavy atom. The van der Waals surface area contributed by atoms with Gasteiger partial charge in [-0.05, 0) is 31.9 Å². The van der Waals surface area contributed by atoms with Crippen LogP contribution in [0.5, 0.6) is 0 Å². The van der Waals surface area contributed by atoms with Gasteiger partial charge in [0.05, 0.1) is 4.90 Å². The fourth-order valence-electron chi connectivity index (χ4n) is 1.52. The number of benzene rings is 1. The third-order valence-corrected chi connectivity index (χ3v) is 5.11. The van der Waals surface area contributed by atoms with Gasteiger partial charge in [0.25, 0.3) is 0 Å². The number of sulfonamides is 1. The van der Waals surface area contributed by atoms with Crippen molar-refractivity contribution in [2.45, 2.75) is 36.9 Å². The van der Waals surface area contributed by atoms with E-state index >= 15 is 0 Å². The molecule has 1 unspecified atom stereocenters. The summed E-state index contributed by atoms with van der Waals surface area (Å²) in [6.07, 6.45) is 0.884. The highest BCUT2D eigenvalue weighted by Crippen LogP contribution is 2.16. The van der Waals surface area contributed by atoms with Gasteiger partial charge in [0, 0.05) is 11.4 Å². The van der Waals surface area contributed by atoms with Gasteiger partial charge in [-0.2, -0.15) is 0 Å². The summed E-state index contributed by atoms with van der Waals surface area (Å²) < 4.78 is 26.7. The first kappa shape index (κ1) is 14.7. The van der Waals surface area contributed by atoms with Crippen LogP contribution in [-0.4, -0.2) is 19.8 Å². The van der Waals surface area contributed by atoms with Gasteiger partial charge in [-0.1, -0.05) is 40.5 Å². The molecule has 96 valence electrons. The number of nitrogens with one attached hydrogen (secondary N) is 1. The number of aryl methyl sites for hydroxylation is 2. The van der Waals surface area contributed by atoms with Crippen LogP contribution in [0.25, 0.3) is 0 Å². The van der Waals surface area contributed by atoms with Crippen LogP contribution in [0.3, 0.4) is 0 Å². The molecule has 1 rings (SSSR count). The van der Waals surface area contributed by atoms with E-state index in [-0.39, 0.29) is 4.83 Å². The fourth-order valence-corrected chi connectivity index (χ4v) is 3.21. The average Bonchev–Trinajstić information content (AvgIpc) is 2.25. The zero-order chi connectivity index (χ0) is 13.1. The maximum absolute atomic E-state index is 12.1. The zero-order valence-electron chi connectivity index (χ0n) is 10.3. The molecular weight excluding hydrogens is 302 g/mol. The predicted molar refractivity (Wildman–Crippen MR) is 74.1 cm³/mol. The number of rotatable bonds is 5. The van der Waals surface area contributed by atoms with Crippen molar-refractivity contribution in [2.24, 2.45) is 0 Å². The van der Waals surface area contributed by atoms with Crippen molar-refractivity contribution in [3.63, 3.8) is 0 Å². The van der Waals surface area contributed by atoms with E-state index in [0.29, 0.717) is 11.4 Å². The largest absolute Gasteiger partial charge is 0.240 e. The summed E-state index contributed by atoms with van der Waals surface area (Å²) in [5.74, 6) is 0. The van der Waals surface area contributed by atoms with Crippen LogP contribution in [0.2, 0.25) is 0 Å². The minimum Gasteiger partial charge on any atom is -0.210 e. The van der Waals surface area contributed by atoms with Crippen LogP contribution in [0.15, 0.2) is 23.1 Å². The lowest BCUT2D eigenvalue weighted by atomic mass is 10.2. The standard InChI is InChI=1S/C12H18BrNO2S/c1-4-11(13)8-14-17(15,16)12-6-5-9(2)7-10(12)3/h5-7,11,14H,4,8H2,1-3H3. The van der Waals surface area contributed by atoms with Crippen molar-refractivity contribution in [1.82, 2.24) is 4.72 Å². The molecule has 3 nitrogen and oxygen atoms in total. The summed E-state index contributed by atoms with van der Waals surface area (Å²) in [6, 6.07) is 5.34. The highest BCUT2D eigenvalue weighted by Gasteiger charge is 2.17. The lowest BCUT2D eigenvalue weighted by Gasteiger charge is -2.12. The topological polar surface area (TPSA) is 46.2 Å². The maximum atomic E-state index is 12.1. The average molecular weight is 320 g/mol. The summed E-state index contributed by atoms with van der Waals surface area (Å²) in [5.41, 5.74) is 1.84. The number of halogens is 1. The molecule has 0 radical (unpaired) electrons. The third-order valence-electron chi connectivity index (χ3n) is 2.56. The molecule has 5 heteroatoms. The van der Waals surface area contributed by atoms with Gasteiger partial charge >= 0.3 is 0 Å². The van der Waals surface area contributed by atoms with E-state index in [2.05, 4.69) is 20.7 Å². The molecule has 0 amide bonds. The van der Waals surface area contributed by atoms with E-state index in [9.17, 15) is 8.42 Å². The van der Waals surface area contributed by atoms with Crippen LogP contribution in [0.4, 0.5) is 0 Å². The SMILES string of the molecule is CCC(Br)CNS(=O)(=O)c1ccc(C)cc1C. The van der Waals surface area contributed by atoms with E-state index in [1.54, 1.807) is 6.07 Å². The second-order valence-corrected chi connectivity index (χ2v) is 7.16. The maximum Gasteiger partial charge on any atom is 0.240 e. The molecule has 0 aliphatic rings. The molecule has 0 saturated carbocycles. The first-order chi connectivity index (χ1) is 7.86. The van der Waals surface area contributed by atoms with Gasteiger partial charge in [0.1, 0.15) is 0 Å².